The van der Waals surface area contributed by atoms with E-state index in [0.29, 0.717) is 23.0 Å². The summed E-state index contributed by atoms with van der Waals surface area (Å²) in [5.74, 6) is 0.785. The molecule has 1 aromatic rings. The maximum atomic E-state index is 12.8. The van der Waals surface area contributed by atoms with Crippen LogP contribution >= 0.6 is 11.6 Å². The van der Waals surface area contributed by atoms with Gasteiger partial charge in [-0.2, -0.15) is 0 Å². The molecule has 0 aromatic carbocycles. The van der Waals surface area contributed by atoms with E-state index in [-0.39, 0.29) is 5.91 Å². The number of carbonyl (C=O) groups excluding carboxylic acids is 1. The standard InChI is InChI=1S/C15H20ClN3O/c16-11-6-14(19(8-11)12-3-4-12)15(20)18-7-10-2-1-5-17-13(10)9-18/h6,8,10,12-13,17H,1-5,7,9H2. The van der Waals surface area contributed by atoms with Crippen LogP contribution in [0.1, 0.15) is 42.2 Å². The molecule has 0 radical (unpaired) electrons. The van der Waals surface area contributed by atoms with Crippen LogP contribution in [0.5, 0.6) is 0 Å². The van der Waals surface area contributed by atoms with Gasteiger partial charge in [-0.15, -0.1) is 0 Å². The van der Waals surface area contributed by atoms with Crippen molar-refractivity contribution in [3.8, 4) is 0 Å². The predicted octanol–water partition coefficient (Wildman–Crippen LogP) is 2.30. The Bertz CT molecular complexity index is 523. The summed E-state index contributed by atoms with van der Waals surface area (Å²) in [5.41, 5.74) is 0.774. The van der Waals surface area contributed by atoms with E-state index in [1.54, 1.807) is 0 Å². The first-order valence-electron chi connectivity index (χ1n) is 7.62. The molecule has 3 aliphatic rings. The minimum absolute atomic E-state index is 0.153. The quantitative estimate of drug-likeness (QED) is 0.908. The lowest BCUT2D eigenvalue weighted by Crippen LogP contribution is -2.41. The number of fused-ring (bicyclic) bond motifs is 1. The fourth-order valence-corrected chi connectivity index (χ4v) is 3.85. The molecule has 1 aliphatic carbocycles. The zero-order valence-electron chi connectivity index (χ0n) is 11.5. The number of nitrogens with zero attached hydrogens (tertiary/aromatic N) is 2. The first-order chi connectivity index (χ1) is 9.72. The van der Waals surface area contributed by atoms with E-state index in [2.05, 4.69) is 9.88 Å². The molecule has 20 heavy (non-hydrogen) atoms. The van der Waals surface area contributed by atoms with Crippen molar-refractivity contribution in [2.45, 2.75) is 37.8 Å². The molecule has 4 rings (SSSR count). The summed E-state index contributed by atoms with van der Waals surface area (Å²) in [4.78, 5) is 14.8. The molecule has 2 saturated heterocycles. The lowest BCUT2D eigenvalue weighted by Gasteiger charge is -2.24. The second-order valence-corrected chi connectivity index (χ2v) is 6.79. The minimum atomic E-state index is 0.153. The van der Waals surface area contributed by atoms with Crippen LogP contribution in [-0.4, -0.2) is 41.1 Å². The summed E-state index contributed by atoms with van der Waals surface area (Å²) in [5, 5.41) is 4.22. The Kier molecular flexibility index (Phi) is 3.04. The highest BCUT2D eigenvalue weighted by atomic mass is 35.5. The van der Waals surface area contributed by atoms with E-state index < -0.39 is 0 Å². The fraction of sp³-hybridized carbons (Fsp3) is 0.667. The third kappa shape index (κ3) is 2.15. The first-order valence-corrected chi connectivity index (χ1v) is 8.00. The molecular formula is C15H20ClN3O. The molecule has 1 saturated carbocycles. The number of aromatic nitrogens is 1. The molecule has 2 atom stereocenters. The molecule has 3 heterocycles. The van der Waals surface area contributed by atoms with Crippen LogP contribution < -0.4 is 5.32 Å². The molecule has 3 fully saturated rings. The molecule has 5 heteroatoms. The maximum Gasteiger partial charge on any atom is 0.270 e. The van der Waals surface area contributed by atoms with Gasteiger partial charge < -0.3 is 14.8 Å². The Hall–Kier alpha value is -1.00. The summed E-state index contributed by atoms with van der Waals surface area (Å²) in [6.45, 7) is 2.83. The number of carbonyl (C=O) groups is 1. The number of hydrogen-bond acceptors (Lipinski definition) is 2. The summed E-state index contributed by atoms with van der Waals surface area (Å²) in [7, 11) is 0. The highest BCUT2D eigenvalue weighted by molar-refractivity contribution is 6.31. The highest BCUT2D eigenvalue weighted by Crippen LogP contribution is 2.38. The third-order valence-electron chi connectivity index (χ3n) is 4.86. The van der Waals surface area contributed by atoms with Gasteiger partial charge in [0.2, 0.25) is 0 Å². The Morgan fingerprint density at radius 1 is 1.30 bits per heavy atom. The molecular weight excluding hydrogens is 274 g/mol. The van der Waals surface area contributed by atoms with Gasteiger partial charge in [-0.05, 0) is 44.2 Å². The van der Waals surface area contributed by atoms with E-state index in [1.165, 1.54) is 12.8 Å². The lowest BCUT2D eigenvalue weighted by molar-refractivity contribution is 0.0774. The summed E-state index contributed by atoms with van der Waals surface area (Å²) < 4.78 is 2.08. The van der Waals surface area contributed by atoms with E-state index >= 15 is 0 Å². The number of halogens is 1. The Morgan fingerprint density at radius 2 is 2.15 bits per heavy atom. The average Bonchev–Trinajstić information content (AvgIpc) is 3.08. The number of hydrogen-bond donors (Lipinski definition) is 1. The van der Waals surface area contributed by atoms with Gasteiger partial charge in [0.25, 0.3) is 5.91 Å². The highest BCUT2D eigenvalue weighted by Gasteiger charge is 2.38. The average molecular weight is 294 g/mol. The smallest absolute Gasteiger partial charge is 0.270 e. The number of nitrogens with one attached hydrogen (secondary N) is 1. The third-order valence-corrected chi connectivity index (χ3v) is 5.07. The van der Waals surface area contributed by atoms with Crippen molar-refractivity contribution in [3.63, 3.8) is 0 Å². The van der Waals surface area contributed by atoms with E-state index in [0.717, 1.165) is 38.2 Å². The van der Waals surface area contributed by atoms with Crippen molar-refractivity contribution in [1.29, 1.82) is 0 Å². The molecule has 0 bridgehead atoms. The maximum absolute atomic E-state index is 12.8. The molecule has 2 unspecified atom stereocenters. The van der Waals surface area contributed by atoms with Crippen LogP contribution in [0.3, 0.4) is 0 Å². The fourth-order valence-electron chi connectivity index (χ4n) is 3.65. The first kappa shape index (κ1) is 12.7. The van der Waals surface area contributed by atoms with Crippen LogP contribution in [0.25, 0.3) is 0 Å². The second kappa shape index (κ2) is 4.78. The van der Waals surface area contributed by atoms with Gasteiger partial charge in [0, 0.05) is 31.4 Å². The van der Waals surface area contributed by atoms with Gasteiger partial charge in [-0.3, -0.25) is 4.79 Å². The van der Waals surface area contributed by atoms with Crippen LogP contribution in [0, 0.1) is 5.92 Å². The van der Waals surface area contributed by atoms with Gasteiger partial charge in [0.05, 0.1) is 5.02 Å². The molecule has 0 spiro atoms. The predicted molar refractivity (Wildman–Crippen MR) is 78.1 cm³/mol. The number of rotatable bonds is 2. The van der Waals surface area contributed by atoms with Crippen LogP contribution in [0.2, 0.25) is 5.02 Å². The largest absolute Gasteiger partial charge is 0.339 e. The molecule has 2 aliphatic heterocycles. The van der Waals surface area contributed by atoms with Crippen LogP contribution in [0.15, 0.2) is 12.3 Å². The topological polar surface area (TPSA) is 37.3 Å². The molecule has 108 valence electrons. The van der Waals surface area contributed by atoms with Crippen molar-refractivity contribution in [2.75, 3.05) is 19.6 Å². The van der Waals surface area contributed by atoms with E-state index in [4.69, 9.17) is 11.6 Å². The van der Waals surface area contributed by atoms with Crippen molar-refractivity contribution < 1.29 is 4.79 Å². The normalized spacial score (nSPS) is 29.6. The van der Waals surface area contributed by atoms with Crippen LogP contribution in [0.4, 0.5) is 0 Å². The van der Waals surface area contributed by atoms with Crippen molar-refractivity contribution in [1.82, 2.24) is 14.8 Å². The van der Waals surface area contributed by atoms with E-state index in [1.807, 2.05) is 17.2 Å². The monoisotopic (exact) mass is 293 g/mol. The zero-order chi connectivity index (χ0) is 13.7. The summed E-state index contributed by atoms with van der Waals surface area (Å²) >= 11 is 6.11. The number of amides is 1. The van der Waals surface area contributed by atoms with Crippen molar-refractivity contribution >= 4 is 17.5 Å². The Morgan fingerprint density at radius 3 is 2.90 bits per heavy atom. The second-order valence-electron chi connectivity index (χ2n) is 6.36. The number of piperidine rings is 1. The van der Waals surface area contributed by atoms with Crippen LogP contribution in [-0.2, 0) is 0 Å². The Labute approximate surface area is 124 Å². The van der Waals surface area contributed by atoms with Gasteiger partial charge >= 0.3 is 0 Å². The molecule has 1 N–H and O–H groups in total. The molecule has 1 amide bonds. The van der Waals surface area contributed by atoms with Gasteiger partial charge in [0.15, 0.2) is 0 Å². The number of likely N-dealkylation sites (tertiary alicyclic amines) is 1. The van der Waals surface area contributed by atoms with E-state index in [9.17, 15) is 4.79 Å². The molecule has 4 nitrogen and oxygen atoms in total. The van der Waals surface area contributed by atoms with Gasteiger partial charge in [-0.25, -0.2) is 0 Å². The lowest BCUT2D eigenvalue weighted by atomic mass is 9.94. The van der Waals surface area contributed by atoms with Gasteiger partial charge in [-0.1, -0.05) is 11.6 Å². The Balaban J connectivity index is 1.55. The van der Waals surface area contributed by atoms with Crippen molar-refractivity contribution in [2.24, 2.45) is 5.92 Å². The summed E-state index contributed by atoms with van der Waals surface area (Å²) in [6.07, 6.45) is 6.71. The minimum Gasteiger partial charge on any atom is -0.339 e. The van der Waals surface area contributed by atoms with Crippen molar-refractivity contribution in [3.05, 3.63) is 23.0 Å². The molecule has 1 aromatic heterocycles. The SMILES string of the molecule is O=C(c1cc(Cl)cn1C1CC1)N1CC2CCCNC2C1. The summed E-state index contributed by atoms with van der Waals surface area (Å²) in [6, 6.07) is 2.81. The zero-order valence-corrected chi connectivity index (χ0v) is 12.3. The van der Waals surface area contributed by atoms with Gasteiger partial charge in [0.1, 0.15) is 5.69 Å².